The van der Waals surface area contributed by atoms with Crippen molar-refractivity contribution in [2.24, 2.45) is 5.92 Å². The minimum absolute atomic E-state index is 0.799. The van der Waals surface area contributed by atoms with Crippen LogP contribution >= 0.6 is 11.3 Å². The van der Waals surface area contributed by atoms with E-state index in [2.05, 4.69) is 38.2 Å². The van der Waals surface area contributed by atoms with Crippen molar-refractivity contribution in [2.45, 2.75) is 40.0 Å². The van der Waals surface area contributed by atoms with E-state index in [-0.39, 0.29) is 0 Å². The molecular formula is C13H23NS. The van der Waals surface area contributed by atoms with Gasteiger partial charge in [-0.1, -0.05) is 27.2 Å². The monoisotopic (exact) mass is 225 g/mol. The maximum absolute atomic E-state index is 3.44. The SMILES string of the molecule is CCNCC(CC)Cc1ccc(CC)s1. The van der Waals surface area contributed by atoms with Gasteiger partial charge in [-0.05, 0) is 44.0 Å². The van der Waals surface area contributed by atoms with Gasteiger partial charge in [-0.15, -0.1) is 11.3 Å². The second kappa shape index (κ2) is 7.02. The zero-order valence-corrected chi connectivity index (χ0v) is 11.0. The molecular weight excluding hydrogens is 202 g/mol. The van der Waals surface area contributed by atoms with Gasteiger partial charge < -0.3 is 5.32 Å². The first-order valence-electron chi connectivity index (χ1n) is 6.08. The summed E-state index contributed by atoms with van der Waals surface area (Å²) in [5.41, 5.74) is 0. The molecule has 0 aliphatic rings. The van der Waals surface area contributed by atoms with E-state index in [0.717, 1.165) is 19.0 Å². The molecule has 1 N–H and O–H groups in total. The van der Waals surface area contributed by atoms with Crippen molar-refractivity contribution in [3.8, 4) is 0 Å². The molecule has 0 saturated carbocycles. The lowest BCUT2D eigenvalue weighted by Crippen LogP contribution is -2.23. The number of hydrogen-bond donors (Lipinski definition) is 1. The Balaban J connectivity index is 2.43. The van der Waals surface area contributed by atoms with E-state index >= 15 is 0 Å². The molecule has 86 valence electrons. The predicted octanol–water partition coefficient (Wildman–Crippen LogP) is 3.49. The van der Waals surface area contributed by atoms with Crippen LogP contribution in [0.25, 0.3) is 0 Å². The molecule has 0 aliphatic carbocycles. The van der Waals surface area contributed by atoms with Gasteiger partial charge in [-0.3, -0.25) is 0 Å². The standard InChI is InChI=1S/C13H23NS/c1-4-11(10-14-6-3)9-13-8-7-12(5-2)15-13/h7-8,11,14H,4-6,9-10H2,1-3H3. The highest BCUT2D eigenvalue weighted by Gasteiger charge is 2.08. The van der Waals surface area contributed by atoms with E-state index in [4.69, 9.17) is 0 Å². The van der Waals surface area contributed by atoms with Crippen LogP contribution in [0.5, 0.6) is 0 Å². The van der Waals surface area contributed by atoms with Crippen molar-refractivity contribution < 1.29 is 0 Å². The lowest BCUT2D eigenvalue weighted by atomic mass is 10.0. The van der Waals surface area contributed by atoms with Crippen LogP contribution in [0.4, 0.5) is 0 Å². The molecule has 1 unspecified atom stereocenters. The fourth-order valence-corrected chi connectivity index (χ4v) is 2.79. The van der Waals surface area contributed by atoms with E-state index in [1.165, 1.54) is 24.1 Å². The van der Waals surface area contributed by atoms with Crippen molar-refractivity contribution in [2.75, 3.05) is 13.1 Å². The Kier molecular flexibility index (Phi) is 5.96. The molecule has 1 aromatic heterocycles. The van der Waals surface area contributed by atoms with Gasteiger partial charge in [0.1, 0.15) is 0 Å². The van der Waals surface area contributed by atoms with Crippen LogP contribution < -0.4 is 5.32 Å². The number of aryl methyl sites for hydroxylation is 1. The van der Waals surface area contributed by atoms with Crippen LogP contribution in [-0.2, 0) is 12.8 Å². The Bertz CT molecular complexity index is 267. The Labute approximate surface area is 97.9 Å². The Morgan fingerprint density at radius 1 is 1.20 bits per heavy atom. The number of nitrogens with one attached hydrogen (secondary N) is 1. The smallest absolute Gasteiger partial charge is 0.00514 e. The van der Waals surface area contributed by atoms with Crippen LogP contribution in [-0.4, -0.2) is 13.1 Å². The minimum Gasteiger partial charge on any atom is -0.317 e. The highest BCUT2D eigenvalue weighted by Crippen LogP contribution is 2.21. The Morgan fingerprint density at radius 2 is 1.93 bits per heavy atom. The van der Waals surface area contributed by atoms with Gasteiger partial charge in [0.15, 0.2) is 0 Å². The second-order valence-corrected chi connectivity index (χ2v) is 5.26. The summed E-state index contributed by atoms with van der Waals surface area (Å²) in [6.45, 7) is 8.93. The average molecular weight is 225 g/mol. The van der Waals surface area contributed by atoms with Crippen LogP contribution in [0.1, 0.15) is 36.9 Å². The van der Waals surface area contributed by atoms with Crippen LogP contribution in [0.2, 0.25) is 0 Å². The molecule has 15 heavy (non-hydrogen) atoms. The molecule has 0 fully saturated rings. The summed E-state index contributed by atoms with van der Waals surface area (Å²) in [6.07, 6.45) is 3.69. The maximum Gasteiger partial charge on any atom is 0.00514 e. The quantitative estimate of drug-likeness (QED) is 0.749. The third-order valence-electron chi connectivity index (χ3n) is 2.82. The molecule has 0 spiro atoms. The van der Waals surface area contributed by atoms with Crippen molar-refractivity contribution in [3.63, 3.8) is 0 Å². The first-order valence-corrected chi connectivity index (χ1v) is 6.90. The fraction of sp³-hybridized carbons (Fsp3) is 0.692. The summed E-state index contributed by atoms with van der Waals surface area (Å²) in [7, 11) is 0. The largest absolute Gasteiger partial charge is 0.317 e. The summed E-state index contributed by atoms with van der Waals surface area (Å²) in [5, 5.41) is 3.44. The number of rotatable bonds is 7. The molecule has 2 heteroatoms. The molecule has 0 saturated heterocycles. The first kappa shape index (κ1) is 12.7. The molecule has 0 amide bonds. The molecule has 1 heterocycles. The molecule has 1 atom stereocenters. The van der Waals surface area contributed by atoms with E-state index < -0.39 is 0 Å². The number of hydrogen-bond acceptors (Lipinski definition) is 2. The van der Waals surface area contributed by atoms with Crippen LogP contribution in [0.3, 0.4) is 0 Å². The van der Waals surface area contributed by atoms with Gasteiger partial charge in [0.05, 0.1) is 0 Å². The molecule has 0 aliphatic heterocycles. The number of thiophene rings is 1. The molecule has 0 aromatic carbocycles. The van der Waals surface area contributed by atoms with Gasteiger partial charge in [0.2, 0.25) is 0 Å². The van der Waals surface area contributed by atoms with Crippen molar-refractivity contribution in [1.29, 1.82) is 0 Å². The summed E-state index contributed by atoms with van der Waals surface area (Å²) < 4.78 is 0. The lowest BCUT2D eigenvalue weighted by molar-refractivity contribution is 0.470. The highest BCUT2D eigenvalue weighted by atomic mass is 32.1. The van der Waals surface area contributed by atoms with E-state index in [1.807, 2.05) is 11.3 Å². The van der Waals surface area contributed by atoms with E-state index in [0.29, 0.717) is 0 Å². The lowest BCUT2D eigenvalue weighted by Gasteiger charge is -2.13. The van der Waals surface area contributed by atoms with Gasteiger partial charge in [-0.25, -0.2) is 0 Å². The van der Waals surface area contributed by atoms with Crippen molar-refractivity contribution in [1.82, 2.24) is 5.32 Å². The molecule has 0 bridgehead atoms. The molecule has 1 aromatic rings. The normalized spacial score (nSPS) is 13.0. The summed E-state index contributed by atoms with van der Waals surface area (Å²) in [5.74, 6) is 0.799. The summed E-state index contributed by atoms with van der Waals surface area (Å²) >= 11 is 1.98. The van der Waals surface area contributed by atoms with Crippen LogP contribution in [0.15, 0.2) is 12.1 Å². The zero-order valence-electron chi connectivity index (χ0n) is 10.2. The van der Waals surface area contributed by atoms with Gasteiger partial charge in [-0.2, -0.15) is 0 Å². The van der Waals surface area contributed by atoms with Crippen molar-refractivity contribution >= 4 is 11.3 Å². The van der Waals surface area contributed by atoms with E-state index in [9.17, 15) is 0 Å². The fourth-order valence-electron chi connectivity index (χ4n) is 1.72. The first-order chi connectivity index (χ1) is 7.30. The predicted molar refractivity (Wildman–Crippen MR) is 69.7 cm³/mol. The zero-order chi connectivity index (χ0) is 11.1. The minimum atomic E-state index is 0.799. The summed E-state index contributed by atoms with van der Waals surface area (Å²) in [4.78, 5) is 3.07. The van der Waals surface area contributed by atoms with Gasteiger partial charge >= 0.3 is 0 Å². The van der Waals surface area contributed by atoms with Gasteiger partial charge in [0, 0.05) is 9.75 Å². The third-order valence-corrected chi connectivity index (χ3v) is 4.07. The maximum atomic E-state index is 3.44. The van der Waals surface area contributed by atoms with Gasteiger partial charge in [0.25, 0.3) is 0 Å². The molecule has 1 rings (SSSR count). The second-order valence-electron chi connectivity index (χ2n) is 4.01. The Hall–Kier alpha value is -0.340. The topological polar surface area (TPSA) is 12.0 Å². The van der Waals surface area contributed by atoms with Crippen molar-refractivity contribution in [3.05, 3.63) is 21.9 Å². The van der Waals surface area contributed by atoms with Crippen LogP contribution in [0, 0.1) is 5.92 Å². The average Bonchev–Trinajstić information content (AvgIpc) is 2.71. The molecule has 0 radical (unpaired) electrons. The Morgan fingerprint density at radius 3 is 2.47 bits per heavy atom. The molecule has 1 nitrogen and oxygen atoms in total. The third kappa shape index (κ3) is 4.35. The summed E-state index contributed by atoms with van der Waals surface area (Å²) in [6, 6.07) is 4.58. The van der Waals surface area contributed by atoms with E-state index in [1.54, 1.807) is 4.88 Å². The highest BCUT2D eigenvalue weighted by molar-refractivity contribution is 7.11.